The number of nitrogen functional groups attached to an aromatic ring is 1. The van der Waals surface area contributed by atoms with E-state index in [1.807, 2.05) is 0 Å². The fraction of sp³-hybridized carbons (Fsp3) is 0.364. The molecule has 0 heterocycles. The van der Waals surface area contributed by atoms with Crippen LogP contribution in [0.25, 0.3) is 0 Å². The highest BCUT2D eigenvalue weighted by molar-refractivity contribution is 7.40. The van der Waals surface area contributed by atoms with E-state index in [1.54, 1.807) is 25.3 Å². The molecule has 0 amide bonds. The zero-order valence-corrected chi connectivity index (χ0v) is 11.0. The minimum atomic E-state index is 0.0806. The SMILES string of the molecule is COc1ccc(N)c(N(N)CCCC(=O)P)c1. The Hall–Kier alpha value is -1.32. The van der Waals surface area contributed by atoms with E-state index in [2.05, 4.69) is 9.24 Å². The van der Waals surface area contributed by atoms with Gasteiger partial charge in [-0.15, -0.1) is 0 Å². The third-order valence-electron chi connectivity index (χ3n) is 2.37. The molecule has 0 saturated heterocycles. The lowest BCUT2D eigenvalue weighted by molar-refractivity contribution is -0.111. The van der Waals surface area contributed by atoms with E-state index < -0.39 is 0 Å². The van der Waals surface area contributed by atoms with Crippen molar-refractivity contribution >= 4 is 26.1 Å². The molecule has 1 aromatic rings. The van der Waals surface area contributed by atoms with Gasteiger partial charge in [0.05, 0.1) is 18.5 Å². The standard InChI is InChI=1S/C11H18N3O2P/c1-16-8-4-5-9(12)10(7-8)14(13)6-2-3-11(15)17/h4-5,7H,2-3,6,12-13,17H2,1H3. The summed E-state index contributed by atoms with van der Waals surface area (Å²) < 4.78 is 5.11. The average molecular weight is 255 g/mol. The lowest BCUT2D eigenvalue weighted by atomic mass is 10.2. The van der Waals surface area contributed by atoms with Gasteiger partial charge >= 0.3 is 0 Å². The quantitative estimate of drug-likeness (QED) is 0.345. The lowest BCUT2D eigenvalue weighted by Crippen LogP contribution is -2.32. The fourth-order valence-electron chi connectivity index (χ4n) is 1.44. The van der Waals surface area contributed by atoms with Crippen molar-refractivity contribution in [2.24, 2.45) is 5.84 Å². The number of methoxy groups -OCH3 is 1. The molecule has 5 nitrogen and oxygen atoms in total. The molecule has 0 aliphatic carbocycles. The minimum absolute atomic E-state index is 0.0806. The summed E-state index contributed by atoms with van der Waals surface area (Å²) in [5.74, 6) is 6.59. The molecular weight excluding hydrogens is 237 g/mol. The number of anilines is 2. The number of ether oxygens (including phenoxy) is 1. The molecule has 1 rings (SSSR count). The predicted molar refractivity (Wildman–Crippen MR) is 72.9 cm³/mol. The van der Waals surface area contributed by atoms with Crippen LogP contribution in [0.3, 0.4) is 0 Å². The second-order valence-electron chi connectivity index (χ2n) is 3.69. The van der Waals surface area contributed by atoms with E-state index in [9.17, 15) is 4.79 Å². The van der Waals surface area contributed by atoms with E-state index >= 15 is 0 Å². The summed E-state index contributed by atoms with van der Waals surface area (Å²) in [4.78, 5) is 10.8. The summed E-state index contributed by atoms with van der Waals surface area (Å²) in [5, 5.41) is 1.53. The summed E-state index contributed by atoms with van der Waals surface area (Å²) in [6, 6.07) is 5.30. The van der Waals surface area contributed by atoms with Crippen molar-refractivity contribution in [3.63, 3.8) is 0 Å². The second-order valence-corrected chi connectivity index (χ2v) is 4.33. The first-order valence-electron chi connectivity index (χ1n) is 5.28. The van der Waals surface area contributed by atoms with Crippen molar-refractivity contribution in [1.29, 1.82) is 0 Å². The van der Waals surface area contributed by atoms with Crippen LogP contribution in [0.1, 0.15) is 12.8 Å². The number of hydrogen-bond acceptors (Lipinski definition) is 5. The number of hydrazine groups is 1. The number of benzene rings is 1. The maximum absolute atomic E-state index is 10.8. The monoisotopic (exact) mass is 255 g/mol. The van der Waals surface area contributed by atoms with Gasteiger partial charge in [-0.1, -0.05) is 9.24 Å². The van der Waals surface area contributed by atoms with Crippen LogP contribution in [0.15, 0.2) is 18.2 Å². The molecule has 0 radical (unpaired) electrons. The Kier molecular flexibility index (Phi) is 5.19. The molecule has 6 heteroatoms. The minimum Gasteiger partial charge on any atom is -0.497 e. The highest BCUT2D eigenvalue weighted by atomic mass is 31.0. The lowest BCUT2D eigenvalue weighted by Gasteiger charge is -2.20. The van der Waals surface area contributed by atoms with Gasteiger partial charge < -0.3 is 15.5 Å². The van der Waals surface area contributed by atoms with E-state index in [4.69, 9.17) is 16.3 Å². The van der Waals surface area contributed by atoms with Gasteiger partial charge in [0.25, 0.3) is 0 Å². The number of carbonyl (C=O) groups is 1. The predicted octanol–water partition coefficient (Wildman–Crippen LogP) is 1.14. The fourth-order valence-corrected chi connectivity index (χ4v) is 1.65. The van der Waals surface area contributed by atoms with E-state index in [1.165, 1.54) is 5.01 Å². The first-order chi connectivity index (χ1) is 8.04. The van der Waals surface area contributed by atoms with E-state index in [-0.39, 0.29) is 5.52 Å². The molecule has 0 aromatic heterocycles. The summed E-state index contributed by atoms with van der Waals surface area (Å²) in [6.07, 6.45) is 1.18. The third kappa shape index (κ3) is 4.21. The molecular formula is C11H18N3O2P. The number of nitrogens with two attached hydrogens (primary N) is 2. The molecule has 0 saturated carbocycles. The van der Waals surface area contributed by atoms with Gasteiger partial charge in [-0.05, 0) is 18.6 Å². The van der Waals surface area contributed by atoms with Crippen LogP contribution in [0.5, 0.6) is 5.75 Å². The largest absolute Gasteiger partial charge is 0.497 e. The molecule has 0 aliphatic heterocycles. The number of carbonyl (C=O) groups excluding carboxylic acids is 1. The number of hydrogen-bond donors (Lipinski definition) is 2. The van der Waals surface area contributed by atoms with Crippen LogP contribution in [0, 0.1) is 0 Å². The van der Waals surface area contributed by atoms with Gasteiger partial charge in [0.15, 0.2) is 0 Å². The average Bonchev–Trinajstić information content (AvgIpc) is 2.29. The molecule has 94 valence electrons. The Balaban J connectivity index is 2.67. The summed E-state index contributed by atoms with van der Waals surface area (Å²) in [7, 11) is 3.74. The first kappa shape index (κ1) is 13.7. The van der Waals surface area contributed by atoms with Gasteiger partial charge in [0.1, 0.15) is 11.3 Å². The number of rotatable bonds is 6. The second kappa shape index (κ2) is 6.42. The highest BCUT2D eigenvalue weighted by Crippen LogP contribution is 2.26. The Morgan fingerprint density at radius 1 is 1.53 bits per heavy atom. The summed E-state index contributed by atoms with van der Waals surface area (Å²) >= 11 is 0. The Morgan fingerprint density at radius 2 is 2.24 bits per heavy atom. The molecule has 0 spiro atoms. The van der Waals surface area contributed by atoms with Crippen molar-refractivity contribution in [2.45, 2.75) is 12.8 Å². The zero-order valence-electron chi connectivity index (χ0n) is 9.85. The van der Waals surface area contributed by atoms with E-state index in [0.717, 1.165) is 0 Å². The molecule has 1 atom stereocenters. The maximum atomic E-state index is 10.8. The molecule has 1 unspecified atom stereocenters. The van der Waals surface area contributed by atoms with Crippen molar-refractivity contribution in [3.8, 4) is 5.75 Å². The molecule has 0 aliphatic rings. The Bertz CT molecular complexity index is 398. The van der Waals surface area contributed by atoms with Crippen LogP contribution in [-0.2, 0) is 4.79 Å². The van der Waals surface area contributed by atoms with Crippen LogP contribution >= 0.6 is 9.24 Å². The van der Waals surface area contributed by atoms with Crippen molar-refractivity contribution in [3.05, 3.63) is 18.2 Å². The summed E-state index contributed by atoms with van der Waals surface area (Å²) in [5.41, 5.74) is 7.21. The summed E-state index contributed by atoms with van der Waals surface area (Å²) in [6.45, 7) is 0.567. The van der Waals surface area contributed by atoms with Crippen LogP contribution in [0.4, 0.5) is 11.4 Å². The van der Waals surface area contributed by atoms with Crippen molar-refractivity contribution in [2.75, 3.05) is 24.4 Å². The Labute approximate surface area is 103 Å². The topological polar surface area (TPSA) is 81.6 Å². The van der Waals surface area contributed by atoms with Crippen LogP contribution in [-0.4, -0.2) is 19.2 Å². The van der Waals surface area contributed by atoms with Gasteiger partial charge in [0.2, 0.25) is 0 Å². The smallest absolute Gasteiger partial charge is 0.148 e. The molecule has 17 heavy (non-hydrogen) atoms. The zero-order chi connectivity index (χ0) is 12.8. The molecule has 4 N–H and O–H groups in total. The van der Waals surface area contributed by atoms with Crippen LogP contribution < -0.4 is 21.3 Å². The van der Waals surface area contributed by atoms with Crippen molar-refractivity contribution in [1.82, 2.24) is 0 Å². The maximum Gasteiger partial charge on any atom is 0.148 e. The third-order valence-corrected chi connectivity index (χ3v) is 2.66. The number of nitrogens with zero attached hydrogens (tertiary/aromatic N) is 1. The van der Waals surface area contributed by atoms with Gasteiger partial charge in [-0.3, -0.25) is 4.79 Å². The first-order valence-corrected chi connectivity index (χ1v) is 5.86. The molecule has 1 aromatic carbocycles. The Morgan fingerprint density at radius 3 is 2.82 bits per heavy atom. The van der Waals surface area contributed by atoms with Crippen LogP contribution in [0.2, 0.25) is 0 Å². The molecule has 0 bridgehead atoms. The highest BCUT2D eigenvalue weighted by Gasteiger charge is 2.07. The normalized spacial score (nSPS) is 10.1. The van der Waals surface area contributed by atoms with Gasteiger partial charge in [-0.2, -0.15) is 0 Å². The van der Waals surface area contributed by atoms with Crippen molar-refractivity contribution < 1.29 is 9.53 Å². The molecule has 0 fully saturated rings. The van der Waals surface area contributed by atoms with E-state index in [0.29, 0.717) is 36.5 Å². The van der Waals surface area contributed by atoms with Gasteiger partial charge in [-0.25, -0.2) is 5.84 Å². The van der Waals surface area contributed by atoms with Gasteiger partial charge in [0, 0.05) is 19.0 Å².